The van der Waals surface area contributed by atoms with Crippen LogP contribution in [0.3, 0.4) is 0 Å². The molecule has 0 bridgehead atoms. The van der Waals surface area contributed by atoms with Crippen molar-refractivity contribution in [1.29, 1.82) is 0 Å². The van der Waals surface area contributed by atoms with Crippen molar-refractivity contribution in [3.05, 3.63) is 52.2 Å². The number of fused-ring (bicyclic) bond motifs is 1. The first kappa shape index (κ1) is 18.4. The van der Waals surface area contributed by atoms with Gasteiger partial charge in [0.15, 0.2) is 5.65 Å². The predicted molar refractivity (Wildman–Crippen MR) is 108 cm³/mol. The third-order valence-electron chi connectivity index (χ3n) is 5.29. The number of hydrogen-bond donors (Lipinski definition) is 1. The van der Waals surface area contributed by atoms with Crippen LogP contribution >= 0.6 is 0 Å². The highest BCUT2D eigenvalue weighted by molar-refractivity contribution is 5.78. The van der Waals surface area contributed by atoms with Gasteiger partial charge in [0.1, 0.15) is 18.3 Å². The molecule has 2 aromatic heterocycles. The first-order valence-corrected chi connectivity index (χ1v) is 9.82. The Labute approximate surface area is 163 Å². The maximum atomic E-state index is 12.8. The average molecular weight is 379 g/mol. The monoisotopic (exact) mass is 379 g/mol. The standard InChI is InChI=1S/C21H25N5O2/c1-14-8-15(2)10-17(9-14)26-20-18(11-23-26)21(28)25(13-22-20)12-19(27)24-16-6-4-3-5-7-16/h8-11,13,16H,3-7,12H2,1-2H3,(H,24,27). The molecule has 0 radical (unpaired) electrons. The molecule has 146 valence electrons. The Morgan fingerprint density at radius 2 is 1.86 bits per heavy atom. The summed E-state index contributed by atoms with van der Waals surface area (Å²) < 4.78 is 3.02. The van der Waals surface area contributed by atoms with Gasteiger partial charge in [-0.25, -0.2) is 9.67 Å². The topological polar surface area (TPSA) is 81.8 Å². The summed E-state index contributed by atoms with van der Waals surface area (Å²) in [5.74, 6) is -0.142. The second-order valence-electron chi connectivity index (χ2n) is 7.72. The minimum atomic E-state index is -0.251. The predicted octanol–water partition coefficient (Wildman–Crippen LogP) is 2.65. The van der Waals surface area contributed by atoms with Gasteiger partial charge >= 0.3 is 0 Å². The summed E-state index contributed by atoms with van der Waals surface area (Å²) in [5, 5.41) is 7.81. The zero-order chi connectivity index (χ0) is 19.7. The van der Waals surface area contributed by atoms with Gasteiger partial charge in [0.05, 0.1) is 11.9 Å². The number of nitrogens with one attached hydrogen (secondary N) is 1. The van der Waals surface area contributed by atoms with Crippen molar-refractivity contribution in [2.45, 2.75) is 58.5 Å². The molecule has 2 heterocycles. The third kappa shape index (κ3) is 3.69. The Hall–Kier alpha value is -2.96. The molecule has 1 amide bonds. The zero-order valence-corrected chi connectivity index (χ0v) is 16.3. The molecule has 4 rings (SSSR count). The molecule has 28 heavy (non-hydrogen) atoms. The molecule has 0 unspecified atom stereocenters. The van der Waals surface area contributed by atoms with Gasteiger partial charge in [-0.3, -0.25) is 14.2 Å². The molecule has 1 aromatic carbocycles. The molecule has 1 fully saturated rings. The van der Waals surface area contributed by atoms with Gasteiger partial charge < -0.3 is 5.32 Å². The van der Waals surface area contributed by atoms with Gasteiger partial charge in [-0.2, -0.15) is 5.10 Å². The fourth-order valence-corrected chi connectivity index (χ4v) is 4.00. The number of aryl methyl sites for hydroxylation is 2. The fraction of sp³-hybridized carbons (Fsp3) is 0.429. The van der Waals surface area contributed by atoms with Crippen LogP contribution < -0.4 is 10.9 Å². The lowest BCUT2D eigenvalue weighted by Crippen LogP contribution is -2.39. The van der Waals surface area contributed by atoms with Crippen LogP contribution in [0.25, 0.3) is 16.7 Å². The summed E-state index contributed by atoms with van der Waals surface area (Å²) in [6, 6.07) is 6.32. The number of hydrogen-bond acceptors (Lipinski definition) is 4. The number of nitrogens with zero attached hydrogens (tertiary/aromatic N) is 4. The van der Waals surface area contributed by atoms with E-state index in [2.05, 4.69) is 21.5 Å². The second kappa shape index (κ2) is 7.58. The molecule has 0 spiro atoms. The van der Waals surface area contributed by atoms with Gasteiger partial charge in [0.2, 0.25) is 5.91 Å². The molecular formula is C21H25N5O2. The lowest BCUT2D eigenvalue weighted by atomic mass is 9.95. The van der Waals surface area contributed by atoms with Gasteiger partial charge in [0, 0.05) is 6.04 Å². The van der Waals surface area contributed by atoms with E-state index < -0.39 is 0 Å². The van der Waals surface area contributed by atoms with Crippen LogP contribution in [0.2, 0.25) is 0 Å². The molecule has 7 nitrogen and oxygen atoms in total. The summed E-state index contributed by atoms with van der Waals surface area (Å²) in [6.45, 7) is 4.02. The summed E-state index contributed by atoms with van der Waals surface area (Å²) in [6.07, 6.45) is 8.52. The zero-order valence-electron chi connectivity index (χ0n) is 16.3. The van der Waals surface area contributed by atoms with E-state index in [0.29, 0.717) is 11.0 Å². The van der Waals surface area contributed by atoms with Crippen LogP contribution in [0.1, 0.15) is 43.2 Å². The van der Waals surface area contributed by atoms with Crippen LogP contribution in [0.5, 0.6) is 0 Å². The SMILES string of the molecule is Cc1cc(C)cc(-n2ncc3c(=O)n(CC(=O)NC4CCCCC4)cnc32)c1. The van der Waals surface area contributed by atoms with Crippen molar-refractivity contribution in [2.75, 3.05) is 0 Å². The molecular weight excluding hydrogens is 354 g/mol. The van der Waals surface area contributed by atoms with Gasteiger partial charge in [-0.15, -0.1) is 0 Å². The lowest BCUT2D eigenvalue weighted by Gasteiger charge is -2.22. The van der Waals surface area contributed by atoms with E-state index in [9.17, 15) is 9.59 Å². The Balaban J connectivity index is 1.59. The van der Waals surface area contributed by atoms with Crippen LogP contribution in [0.15, 0.2) is 35.5 Å². The molecule has 1 aliphatic carbocycles. The Bertz CT molecular complexity index is 1060. The maximum absolute atomic E-state index is 12.8. The number of rotatable bonds is 4. The van der Waals surface area contributed by atoms with Crippen LogP contribution in [-0.2, 0) is 11.3 Å². The Kier molecular flexibility index (Phi) is 4.98. The van der Waals surface area contributed by atoms with Gasteiger partial charge in [-0.1, -0.05) is 25.3 Å². The van der Waals surface area contributed by atoms with Crippen LogP contribution in [0, 0.1) is 13.8 Å². The largest absolute Gasteiger partial charge is 0.352 e. The quantitative estimate of drug-likeness (QED) is 0.756. The van der Waals surface area contributed by atoms with E-state index in [1.54, 1.807) is 4.68 Å². The maximum Gasteiger partial charge on any atom is 0.264 e. The van der Waals surface area contributed by atoms with E-state index in [1.807, 2.05) is 26.0 Å². The van der Waals surface area contributed by atoms with Crippen molar-refractivity contribution >= 4 is 16.9 Å². The molecule has 1 aliphatic rings. The number of benzene rings is 1. The molecule has 3 aromatic rings. The van der Waals surface area contributed by atoms with E-state index in [4.69, 9.17) is 0 Å². The van der Waals surface area contributed by atoms with Gasteiger partial charge in [-0.05, 0) is 49.9 Å². The minimum Gasteiger partial charge on any atom is -0.352 e. The summed E-state index contributed by atoms with van der Waals surface area (Å²) in [4.78, 5) is 29.6. The summed E-state index contributed by atoms with van der Waals surface area (Å²) in [5.41, 5.74) is 3.35. The second-order valence-corrected chi connectivity index (χ2v) is 7.72. The summed E-state index contributed by atoms with van der Waals surface area (Å²) in [7, 11) is 0. The molecule has 7 heteroatoms. The lowest BCUT2D eigenvalue weighted by molar-refractivity contribution is -0.122. The normalized spacial score (nSPS) is 15.1. The summed E-state index contributed by atoms with van der Waals surface area (Å²) >= 11 is 0. The highest BCUT2D eigenvalue weighted by Crippen LogP contribution is 2.18. The molecule has 1 N–H and O–H groups in total. The van der Waals surface area contributed by atoms with Crippen molar-refractivity contribution < 1.29 is 4.79 Å². The Morgan fingerprint density at radius 1 is 1.14 bits per heavy atom. The molecule has 0 saturated heterocycles. The number of aromatic nitrogens is 4. The third-order valence-corrected chi connectivity index (χ3v) is 5.29. The first-order valence-electron chi connectivity index (χ1n) is 9.82. The Morgan fingerprint density at radius 3 is 2.57 bits per heavy atom. The highest BCUT2D eigenvalue weighted by atomic mass is 16.2. The van der Waals surface area contributed by atoms with E-state index in [0.717, 1.165) is 42.5 Å². The average Bonchev–Trinajstić information content (AvgIpc) is 3.09. The van der Waals surface area contributed by atoms with Crippen molar-refractivity contribution in [3.8, 4) is 5.69 Å². The fourth-order valence-electron chi connectivity index (χ4n) is 4.00. The molecule has 0 aliphatic heterocycles. The van der Waals surface area contributed by atoms with E-state index in [1.165, 1.54) is 23.5 Å². The number of carbonyl (C=O) groups excluding carboxylic acids is 1. The van der Waals surface area contributed by atoms with Gasteiger partial charge in [0.25, 0.3) is 5.56 Å². The van der Waals surface area contributed by atoms with Crippen molar-refractivity contribution in [2.24, 2.45) is 0 Å². The minimum absolute atomic E-state index is 0.0208. The molecule has 0 atom stereocenters. The number of carbonyl (C=O) groups is 1. The van der Waals surface area contributed by atoms with Crippen molar-refractivity contribution in [3.63, 3.8) is 0 Å². The highest BCUT2D eigenvalue weighted by Gasteiger charge is 2.17. The van der Waals surface area contributed by atoms with Crippen LogP contribution in [0.4, 0.5) is 0 Å². The number of amides is 1. The van der Waals surface area contributed by atoms with Crippen LogP contribution in [-0.4, -0.2) is 31.3 Å². The molecule has 1 saturated carbocycles. The van der Waals surface area contributed by atoms with E-state index in [-0.39, 0.29) is 24.1 Å². The van der Waals surface area contributed by atoms with E-state index >= 15 is 0 Å². The van der Waals surface area contributed by atoms with Crippen molar-refractivity contribution in [1.82, 2.24) is 24.6 Å². The smallest absolute Gasteiger partial charge is 0.264 e. The first-order chi connectivity index (χ1) is 13.5.